The van der Waals surface area contributed by atoms with E-state index in [1.807, 2.05) is 54.6 Å². The van der Waals surface area contributed by atoms with Gasteiger partial charge in [-0.1, -0.05) is 42.5 Å². The third-order valence-corrected chi connectivity index (χ3v) is 4.69. The van der Waals surface area contributed by atoms with Crippen LogP contribution in [0.15, 0.2) is 79.1 Å². The van der Waals surface area contributed by atoms with Crippen molar-refractivity contribution in [2.45, 2.75) is 18.9 Å². The van der Waals surface area contributed by atoms with Crippen LogP contribution >= 0.6 is 0 Å². The van der Waals surface area contributed by atoms with Crippen molar-refractivity contribution in [3.8, 4) is 11.4 Å². The topological polar surface area (TPSA) is 70.9 Å². The molecule has 140 valence electrons. The molecule has 0 aliphatic carbocycles. The number of para-hydroxylation sites is 1. The maximum absolute atomic E-state index is 9.33. The first kappa shape index (κ1) is 18.1. The zero-order valence-corrected chi connectivity index (χ0v) is 15.5. The predicted octanol–water partition coefficient (Wildman–Crippen LogP) is 4.62. The van der Waals surface area contributed by atoms with Gasteiger partial charge in [-0.25, -0.2) is 9.97 Å². The lowest BCUT2D eigenvalue weighted by Gasteiger charge is -2.21. The van der Waals surface area contributed by atoms with E-state index >= 15 is 0 Å². The van der Waals surface area contributed by atoms with Crippen LogP contribution in [-0.4, -0.2) is 26.7 Å². The maximum Gasteiger partial charge on any atom is 0.163 e. The molecule has 2 aromatic heterocycles. The second kappa shape index (κ2) is 8.59. The molecule has 1 atom stereocenters. The van der Waals surface area contributed by atoms with Gasteiger partial charge >= 0.3 is 0 Å². The molecule has 0 fully saturated rings. The van der Waals surface area contributed by atoms with Gasteiger partial charge in [0.2, 0.25) is 0 Å². The minimum atomic E-state index is 0.0494. The summed E-state index contributed by atoms with van der Waals surface area (Å²) in [5.74, 6) is 1.43. The normalized spacial score (nSPS) is 12.0. The van der Waals surface area contributed by atoms with E-state index in [1.54, 1.807) is 12.4 Å². The van der Waals surface area contributed by atoms with Gasteiger partial charge in [0.15, 0.2) is 5.82 Å². The van der Waals surface area contributed by atoms with Gasteiger partial charge in [-0.05, 0) is 42.7 Å². The third kappa shape index (κ3) is 4.00. The van der Waals surface area contributed by atoms with Gasteiger partial charge in [0.05, 0.1) is 11.6 Å². The van der Waals surface area contributed by atoms with Crippen LogP contribution in [0.5, 0.6) is 0 Å². The van der Waals surface area contributed by atoms with Gasteiger partial charge in [-0.2, -0.15) is 0 Å². The molecule has 2 N–H and O–H groups in total. The first-order chi connectivity index (χ1) is 13.8. The second-order valence-electron chi connectivity index (χ2n) is 6.63. The number of hydrogen-bond acceptors (Lipinski definition) is 5. The maximum atomic E-state index is 9.33. The molecule has 2 heterocycles. The largest absolute Gasteiger partial charge is 0.396 e. The summed E-state index contributed by atoms with van der Waals surface area (Å²) in [7, 11) is 0. The number of aromatic nitrogens is 3. The van der Waals surface area contributed by atoms with E-state index in [0.717, 1.165) is 28.7 Å². The van der Waals surface area contributed by atoms with E-state index in [2.05, 4.69) is 22.4 Å². The van der Waals surface area contributed by atoms with Crippen molar-refractivity contribution in [2.75, 3.05) is 11.9 Å². The summed E-state index contributed by atoms with van der Waals surface area (Å²) in [4.78, 5) is 13.7. The highest BCUT2D eigenvalue weighted by atomic mass is 16.2. The average molecular weight is 370 g/mol. The van der Waals surface area contributed by atoms with Crippen LogP contribution in [0.1, 0.15) is 24.4 Å². The van der Waals surface area contributed by atoms with Crippen LogP contribution in [0.3, 0.4) is 0 Å². The predicted molar refractivity (Wildman–Crippen MR) is 112 cm³/mol. The van der Waals surface area contributed by atoms with Crippen molar-refractivity contribution in [2.24, 2.45) is 0 Å². The molecule has 5 heteroatoms. The Kier molecular flexibility index (Phi) is 5.54. The Hall–Kier alpha value is -3.31. The molecule has 0 bridgehead atoms. The summed E-state index contributed by atoms with van der Waals surface area (Å²) < 4.78 is 0. The van der Waals surface area contributed by atoms with Crippen molar-refractivity contribution in [3.63, 3.8) is 0 Å². The van der Waals surface area contributed by atoms with Crippen LogP contribution < -0.4 is 5.32 Å². The lowest BCUT2D eigenvalue weighted by molar-refractivity contribution is 0.281. The molecule has 0 spiro atoms. The Morgan fingerprint density at radius 1 is 0.893 bits per heavy atom. The zero-order chi connectivity index (χ0) is 19.2. The number of nitrogens with one attached hydrogen (secondary N) is 1. The summed E-state index contributed by atoms with van der Waals surface area (Å²) in [6.07, 6.45) is 5.03. The van der Waals surface area contributed by atoms with Crippen molar-refractivity contribution >= 4 is 16.7 Å². The molecule has 4 rings (SSSR count). The molecule has 1 unspecified atom stereocenters. The minimum absolute atomic E-state index is 0.0494. The number of pyridine rings is 1. The number of nitrogens with zero attached hydrogens (tertiary/aromatic N) is 3. The van der Waals surface area contributed by atoms with Gasteiger partial charge in [-0.3, -0.25) is 4.98 Å². The smallest absolute Gasteiger partial charge is 0.163 e. The minimum Gasteiger partial charge on any atom is -0.396 e. The van der Waals surface area contributed by atoms with E-state index in [1.165, 1.54) is 5.56 Å². The molecule has 0 saturated carbocycles. The Bertz CT molecular complexity index is 1040. The van der Waals surface area contributed by atoms with Crippen LogP contribution in [0.2, 0.25) is 0 Å². The number of rotatable bonds is 7. The second-order valence-corrected chi connectivity index (χ2v) is 6.63. The molecular weight excluding hydrogens is 348 g/mol. The van der Waals surface area contributed by atoms with Crippen LogP contribution in [0.4, 0.5) is 5.82 Å². The molecule has 4 aromatic rings. The SMILES string of the molecule is OCCCC(Nc1nc(-c2cccnc2)nc2ccccc12)c1ccccc1. The zero-order valence-electron chi connectivity index (χ0n) is 15.5. The third-order valence-electron chi connectivity index (χ3n) is 4.69. The van der Waals surface area contributed by atoms with Crippen LogP contribution in [0, 0.1) is 0 Å². The Morgan fingerprint density at radius 3 is 2.50 bits per heavy atom. The van der Waals surface area contributed by atoms with Crippen LogP contribution in [-0.2, 0) is 0 Å². The van der Waals surface area contributed by atoms with Gasteiger partial charge in [0.25, 0.3) is 0 Å². The van der Waals surface area contributed by atoms with E-state index in [-0.39, 0.29) is 12.6 Å². The van der Waals surface area contributed by atoms with Crippen molar-refractivity contribution < 1.29 is 5.11 Å². The first-order valence-electron chi connectivity index (χ1n) is 9.44. The summed E-state index contributed by atoms with van der Waals surface area (Å²) in [5, 5.41) is 13.9. The number of anilines is 1. The van der Waals surface area contributed by atoms with Crippen molar-refractivity contribution in [1.29, 1.82) is 0 Å². The number of aliphatic hydroxyl groups is 1. The average Bonchev–Trinajstić information content (AvgIpc) is 2.77. The molecule has 0 radical (unpaired) electrons. The summed E-state index contributed by atoms with van der Waals surface area (Å²) >= 11 is 0. The quantitative estimate of drug-likeness (QED) is 0.497. The molecular formula is C23H22N4O. The van der Waals surface area contributed by atoms with E-state index < -0.39 is 0 Å². The van der Waals surface area contributed by atoms with Crippen molar-refractivity contribution in [3.05, 3.63) is 84.7 Å². The number of fused-ring (bicyclic) bond motifs is 1. The van der Waals surface area contributed by atoms with Crippen molar-refractivity contribution in [1.82, 2.24) is 15.0 Å². The molecule has 28 heavy (non-hydrogen) atoms. The Morgan fingerprint density at radius 2 is 1.71 bits per heavy atom. The molecule has 5 nitrogen and oxygen atoms in total. The summed E-state index contributed by atoms with van der Waals surface area (Å²) in [6.45, 7) is 0.163. The number of hydrogen-bond donors (Lipinski definition) is 2. The molecule has 0 amide bonds. The molecule has 0 aliphatic rings. The number of benzene rings is 2. The molecule has 2 aromatic carbocycles. The lowest BCUT2D eigenvalue weighted by atomic mass is 10.0. The summed E-state index contributed by atoms with van der Waals surface area (Å²) in [5.41, 5.74) is 2.93. The standard InChI is InChI=1S/C23H22N4O/c28-15-7-13-20(17-8-2-1-3-9-17)25-23-19-11-4-5-12-21(19)26-22(27-23)18-10-6-14-24-16-18/h1-6,8-12,14,16,20,28H,7,13,15H2,(H,25,26,27). The van der Waals surface area contributed by atoms with E-state index in [4.69, 9.17) is 9.97 Å². The van der Waals surface area contributed by atoms with Gasteiger partial charge in [0, 0.05) is 30.0 Å². The van der Waals surface area contributed by atoms with E-state index in [9.17, 15) is 5.11 Å². The van der Waals surface area contributed by atoms with Gasteiger partial charge in [-0.15, -0.1) is 0 Å². The highest BCUT2D eigenvalue weighted by Gasteiger charge is 2.15. The Balaban J connectivity index is 1.77. The lowest BCUT2D eigenvalue weighted by Crippen LogP contribution is -2.13. The van der Waals surface area contributed by atoms with Gasteiger partial charge in [0.1, 0.15) is 5.82 Å². The molecule has 0 saturated heterocycles. The number of aliphatic hydroxyl groups excluding tert-OH is 1. The van der Waals surface area contributed by atoms with Gasteiger partial charge < -0.3 is 10.4 Å². The highest BCUT2D eigenvalue weighted by Crippen LogP contribution is 2.29. The molecule has 0 aliphatic heterocycles. The monoisotopic (exact) mass is 370 g/mol. The van der Waals surface area contributed by atoms with Crippen LogP contribution in [0.25, 0.3) is 22.3 Å². The fourth-order valence-electron chi connectivity index (χ4n) is 3.28. The Labute approximate surface area is 164 Å². The highest BCUT2D eigenvalue weighted by molar-refractivity contribution is 5.90. The van der Waals surface area contributed by atoms with E-state index in [0.29, 0.717) is 12.2 Å². The first-order valence-corrected chi connectivity index (χ1v) is 9.44. The fourth-order valence-corrected chi connectivity index (χ4v) is 3.28. The fraction of sp³-hybridized carbons (Fsp3) is 0.174. The summed E-state index contributed by atoms with van der Waals surface area (Å²) in [6, 6.07) is 22.1.